The Morgan fingerprint density at radius 1 is 0.964 bits per heavy atom. The molecule has 1 heterocycles. The number of rotatable bonds is 6. The normalized spacial score (nSPS) is 12.4. The zero-order chi connectivity index (χ0) is 20.3. The summed E-state index contributed by atoms with van der Waals surface area (Å²) in [5.74, 6) is 0.255. The fourth-order valence-electron chi connectivity index (χ4n) is 2.52. The van der Waals surface area contributed by atoms with E-state index in [2.05, 4.69) is 0 Å². The number of methoxy groups -OCH3 is 1. The van der Waals surface area contributed by atoms with Crippen LogP contribution in [0.3, 0.4) is 0 Å². The van der Waals surface area contributed by atoms with E-state index in [-0.39, 0.29) is 4.90 Å². The Kier molecular flexibility index (Phi) is 5.36. The molecule has 1 aromatic heterocycles. The van der Waals surface area contributed by atoms with Gasteiger partial charge in [-0.1, -0.05) is 18.2 Å². The third-order valence-electron chi connectivity index (χ3n) is 4.00. The Balaban J connectivity index is 1.88. The summed E-state index contributed by atoms with van der Waals surface area (Å²) in [7, 11) is -2.70. The van der Waals surface area contributed by atoms with Crippen LogP contribution < -0.4 is 15.2 Å². The van der Waals surface area contributed by atoms with Crippen molar-refractivity contribution in [3.63, 3.8) is 0 Å². The number of para-hydroxylation sites is 1. The lowest BCUT2D eigenvalue weighted by Gasteiger charge is -2.13. The summed E-state index contributed by atoms with van der Waals surface area (Å²) in [6, 6.07) is 14.2. The number of ether oxygens (including phenoxy) is 2. The van der Waals surface area contributed by atoms with Crippen LogP contribution in [0.15, 0.2) is 76.7 Å². The summed E-state index contributed by atoms with van der Waals surface area (Å²) in [6.07, 6.45) is 1.16. The highest BCUT2D eigenvalue weighted by molar-refractivity contribution is 7.90. The molecule has 0 saturated heterocycles. The SMILES string of the molecule is COc1ccc(S(=O)(=O)n2ccn(C(=O)[C@@H](C)Oc3ccccc3)c2=O)cc1. The predicted molar refractivity (Wildman–Crippen MR) is 101 cm³/mol. The van der Waals surface area contributed by atoms with Crippen LogP contribution in [0, 0.1) is 0 Å². The van der Waals surface area contributed by atoms with Crippen LogP contribution in [0.25, 0.3) is 0 Å². The van der Waals surface area contributed by atoms with Crippen LogP contribution in [0.2, 0.25) is 0 Å². The Morgan fingerprint density at radius 3 is 2.21 bits per heavy atom. The monoisotopic (exact) mass is 402 g/mol. The molecule has 0 bridgehead atoms. The fourth-order valence-corrected chi connectivity index (χ4v) is 3.74. The second-order valence-electron chi connectivity index (χ2n) is 5.84. The number of nitrogens with zero attached hydrogens (tertiary/aromatic N) is 2. The molecule has 0 aliphatic carbocycles. The first-order chi connectivity index (χ1) is 13.3. The highest BCUT2D eigenvalue weighted by Crippen LogP contribution is 2.17. The first kappa shape index (κ1) is 19.4. The summed E-state index contributed by atoms with van der Waals surface area (Å²) in [4.78, 5) is 25.0. The Labute approximate surface area is 161 Å². The third kappa shape index (κ3) is 3.70. The van der Waals surface area contributed by atoms with Gasteiger partial charge in [0.15, 0.2) is 6.10 Å². The minimum atomic E-state index is -4.16. The number of carbonyl (C=O) groups excluding carboxylic acids is 1. The molecule has 3 aromatic rings. The van der Waals surface area contributed by atoms with Crippen LogP contribution in [0.4, 0.5) is 0 Å². The molecule has 0 spiro atoms. The van der Waals surface area contributed by atoms with E-state index in [9.17, 15) is 18.0 Å². The maximum atomic E-state index is 12.7. The maximum absolute atomic E-state index is 12.7. The van der Waals surface area contributed by atoms with Gasteiger partial charge in [0.1, 0.15) is 11.5 Å². The average Bonchev–Trinajstić information content (AvgIpc) is 3.10. The number of aromatic nitrogens is 2. The van der Waals surface area contributed by atoms with Gasteiger partial charge in [0, 0.05) is 12.4 Å². The van der Waals surface area contributed by atoms with Crippen molar-refractivity contribution in [1.29, 1.82) is 0 Å². The standard InChI is InChI=1S/C19H18N2O6S/c1-14(27-16-6-4-3-5-7-16)18(22)20-12-13-21(19(20)23)28(24,25)17-10-8-15(26-2)9-11-17/h3-14H,1-2H3/t14-/m1/s1. The van der Waals surface area contributed by atoms with E-state index in [1.807, 2.05) is 0 Å². The Bertz CT molecular complexity index is 1130. The molecule has 0 radical (unpaired) electrons. The van der Waals surface area contributed by atoms with Crippen LogP contribution in [0.1, 0.15) is 11.7 Å². The van der Waals surface area contributed by atoms with E-state index in [1.165, 1.54) is 38.3 Å². The van der Waals surface area contributed by atoms with Gasteiger partial charge in [0.25, 0.3) is 15.9 Å². The number of hydrogen-bond donors (Lipinski definition) is 0. The van der Waals surface area contributed by atoms with E-state index < -0.39 is 27.7 Å². The lowest BCUT2D eigenvalue weighted by molar-refractivity contribution is 0.0723. The molecule has 0 unspecified atom stereocenters. The molecule has 0 aliphatic heterocycles. The summed E-state index contributed by atoms with van der Waals surface area (Å²) in [6.45, 7) is 1.48. The molecule has 2 aromatic carbocycles. The number of carbonyl (C=O) groups is 1. The first-order valence-corrected chi connectivity index (χ1v) is 9.74. The second kappa shape index (κ2) is 7.73. The van der Waals surface area contributed by atoms with E-state index in [1.54, 1.807) is 30.3 Å². The van der Waals surface area contributed by atoms with Crippen molar-refractivity contribution in [3.8, 4) is 11.5 Å². The van der Waals surface area contributed by atoms with Gasteiger partial charge in [0.05, 0.1) is 12.0 Å². The average molecular weight is 402 g/mol. The lowest BCUT2D eigenvalue weighted by atomic mass is 10.3. The van der Waals surface area contributed by atoms with Crippen molar-refractivity contribution in [2.45, 2.75) is 17.9 Å². The first-order valence-electron chi connectivity index (χ1n) is 8.30. The van der Waals surface area contributed by atoms with E-state index in [0.717, 1.165) is 12.4 Å². The highest BCUT2D eigenvalue weighted by atomic mass is 32.2. The number of imidazole rings is 1. The van der Waals surface area contributed by atoms with Gasteiger partial charge in [-0.25, -0.2) is 17.8 Å². The fraction of sp³-hybridized carbons (Fsp3) is 0.158. The lowest BCUT2D eigenvalue weighted by Crippen LogP contribution is -2.38. The molecule has 146 valence electrons. The van der Waals surface area contributed by atoms with E-state index >= 15 is 0 Å². The van der Waals surface area contributed by atoms with Crippen molar-refractivity contribution in [2.24, 2.45) is 0 Å². The van der Waals surface area contributed by atoms with Crippen molar-refractivity contribution in [3.05, 3.63) is 77.5 Å². The molecule has 0 aliphatic rings. The topological polar surface area (TPSA) is 96.6 Å². The molecule has 8 nitrogen and oxygen atoms in total. The molecule has 9 heteroatoms. The quantitative estimate of drug-likeness (QED) is 0.626. The van der Waals surface area contributed by atoms with Gasteiger partial charge in [-0.2, -0.15) is 3.97 Å². The van der Waals surface area contributed by atoms with Gasteiger partial charge in [-0.05, 0) is 43.3 Å². The van der Waals surface area contributed by atoms with Crippen LogP contribution in [-0.2, 0) is 10.0 Å². The zero-order valence-corrected chi connectivity index (χ0v) is 16.0. The highest BCUT2D eigenvalue weighted by Gasteiger charge is 2.25. The van der Waals surface area contributed by atoms with Crippen molar-refractivity contribution < 1.29 is 22.7 Å². The zero-order valence-electron chi connectivity index (χ0n) is 15.2. The van der Waals surface area contributed by atoms with Crippen molar-refractivity contribution in [2.75, 3.05) is 7.11 Å². The summed E-state index contributed by atoms with van der Waals surface area (Å²) >= 11 is 0. The Hall–Kier alpha value is -3.33. The van der Waals surface area contributed by atoms with E-state index in [4.69, 9.17) is 9.47 Å². The van der Waals surface area contributed by atoms with Gasteiger partial charge in [-0.3, -0.25) is 4.79 Å². The van der Waals surface area contributed by atoms with Gasteiger partial charge in [0.2, 0.25) is 0 Å². The van der Waals surface area contributed by atoms with Crippen molar-refractivity contribution in [1.82, 2.24) is 8.54 Å². The molecule has 0 N–H and O–H groups in total. The molecular weight excluding hydrogens is 384 g/mol. The van der Waals surface area contributed by atoms with Crippen LogP contribution in [-0.4, -0.2) is 36.1 Å². The summed E-state index contributed by atoms with van der Waals surface area (Å²) in [5, 5.41) is 0. The van der Waals surface area contributed by atoms with Gasteiger partial charge in [-0.15, -0.1) is 0 Å². The maximum Gasteiger partial charge on any atom is 0.349 e. The smallest absolute Gasteiger partial charge is 0.349 e. The predicted octanol–water partition coefficient (Wildman–Crippen LogP) is 2.00. The molecule has 28 heavy (non-hydrogen) atoms. The van der Waals surface area contributed by atoms with Gasteiger partial charge >= 0.3 is 5.69 Å². The minimum Gasteiger partial charge on any atom is -0.497 e. The summed E-state index contributed by atoms with van der Waals surface area (Å²) in [5.41, 5.74) is -0.996. The number of hydrogen-bond acceptors (Lipinski definition) is 6. The molecule has 3 rings (SSSR count). The van der Waals surface area contributed by atoms with Crippen LogP contribution in [0.5, 0.6) is 11.5 Å². The van der Waals surface area contributed by atoms with Crippen LogP contribution >= 0.6 is 0 Å². The summed E-state index contributed by atoms with van der Waals surface area (Å²) < 4.78 is 37.2. The molecule has 1 atom stereocenters. The molecular formula is C19H18N2O6S. The van der Waals surface area contributed by atoms with Crippen molar-refractivity contribution >= 4 is 15.9 Å². The second-order valence-corrected chi connectivity index (χ2v) is 7.65. The number of benzene rings is 2. The Morgan fingerprint density at radius 2 is 1.61 bits per heavy atom. The molecule has 0 amide bonds. The molecule has 0 saturated carbocycles. The largest absolute Gasteiger partial charge is 0.497 e. The minimum absolute atomic E-state index is 0.103. The molecule has 0 fully saturated rings. The van der Waals surface area contributed by atoms with Gasteiger partial charge < -0.3 is 9.47 Å². The third-order valence-corrected chi connectivity index (χ3v) is 5.67. The van der Waals surface area contributed by atoms with E-state index in [0.29, 0.717) is 20.0 Å².